The SMILES string of the molecule is CC(C)[C@H](NC(=O)[C@@H](NC(=O)[C@H](Cc1c[nH]c2ccccc12)NC(=O)[C@H](CCCNC(=N)N)NC(=O)[C@H](Cc1c[nH]c2ccccc12)NC(=O)[C@H](Cc1c[nH]c2ccccc12)NC(=O)[C@H](CCCCN)NC(=O)[C@H](Cc1c[nH]c2ccccc12)NC(=O)[C@H](Cc1c[nH]c2ccccc12)NC(=O)[C@H](CCCCN)NC(=O)CN)[C@@H](C)O)C(=O)N1CCC[C@H]1C(=O)N[C@@H](Cc1ccccc1)C(=O)O. The lowest BCUT2D eigenvalue weighted by Gasteiger charge is -2.32. The molecule has 11 aromatic rings. The molecule has 12 amide bonds. The molecule has 0 unspecified atom stereocenters. The van der Waals surface area contributed by atoms with Crippen LogP contribution in [0.25, 0.3) is 54.5 Å². The van der Waals surface area contributed by atoms with Crippen LogP contribution in [0.5, 0.6) is 0 Å². The van der Waals surface area contributed by atoms with Gasteiger partial charge in [0.25, 0.3) is 0 Å². The number of aliphatic hydroxyl groups excluding tert-OH is 1. The first-order valence-corrected chi connectivity index (χ1v) is 46.1. The molecule has 0 aliphatic carbocycles. The van der Waals surface area contributed by atoms with E-state index in [9.17, 15) is 39.0 Å². The molecule has 0 saturated carbocycles. The maximum atomic E-state index is 16.0. The largest absolute Gasteiger partial charge is 0.480 e. The van der Waals surface area contributed by atoms with Crippen molar-refractivity contribution in [2.24, 2.45) is 28.9 Å². The van der Waals surface area contributed by atoms with Crippen molar-refractivity contribution in [3.8, 4) is 0 Å². The van der Waals surface area contributed by atoms with E-state index in [1.165, 1.54) is 11.8 Å². The molecular formula is C98H123N23O15. The average molecular weight is 1860 g/mol. The number of nitrogens with one attached hydrogen (secondary N) is 18. The Hall–Kier alpha value is -14.8. The lowest BCUT2D eigenvalue weighted by atomic mass is 9.99. The van der Waals surface area contributed by atoms with Crippen molar-refractivity contribution >= 4 is 137 Å². The van der Waals surface area contributed by atoms with Crippen molar-refractivity contribution in [3.63, 3.8) is 0 Å². The summed E-state index contributed by atoms with van der Waals surface area (Å²) in [5.41, 5.74) is 30.3. The van der Waals surface area contributed by atoms with E-state index in [0.717, 1.165) is 10.9 Å². The van der Waals surface area contributed by atoms with Crippen molar-refractivity contribution < 1.29 is 72.5 Å². The second-order valence-corrected chi connectivity index (χ2v) is 34.9. The number of benzene rings is 6. The summed E-state index contributed by atoms with van der Waals surface area (Å²) in [6.45, 7) is 4.64. The number of para-hydroxylation sites is 5. The number of hydrogen-bond donors (Lipinski definition) is 24. The molecular weight excluding hydrogens is 1740 g/mol. The van der Waals surface area contributed by atoms with Crippen LogP contribution in [0.3, 0.4) is 0 Å². The number of carbonyl (C=O) groups excluding carboxylic acids is 12. The van der Waals surface area contributed by atoms with Gasteiger partial charge in [-0.15, -0.1) is 0 Å². The predicted octanol–water partition coefficient (Wildman–Crippen LogP) is 2.77. The minimum Gasteiger partial charge on any atom is -0.480 e. The van der Waals surface area contributed by atoms with Gasteiger partial charge in [-0.25, -0.2) is 4.79 Å². The fraction of sp³-hybridized carbons (Fsp3) is 0.388. The zero-order valence-electron chi connectivity index (χ0n) is 76.2. The highest BCUT2D eigenvalue weighted by atomic mass is 16.4. The molecule has 5 aromatic heterocycles. The summed E-state index contributed by atoms with van der Waals surface area (Å²) in [5, 5.41) is 66.7. The van der Waals surface area contributed by atoms with Crippen LogP contribution >= 0.6 is 0 Å². The number of nitrogens with two attached hydrogens (primary N) is 4. The van der Waals surface area contributed by atoms with E-state index in [1.54, 1.807) is 130 Å². The molecule has 0 radical (unpaired) electrons. The average Bonchev–Trinajstić information content (AvgIpc) is 1.63. The first-order valence-electron chi connectivity index (χ1n) is 46.1. The van der Waals surface area contributed by atoms with Crippen LogP contribution in [0.4, 0.5) is 0 Å². The van der Waals surface area contributed by atoms with E-state index in [2.05, 4.69) is 88.7 Å². The maximum absolute atomic E-state index is 16.0. The summed E-state index contributed by atoms with van der Waals surface area (Å²) in [6, 6.07) is 27.3. The third-order valence-electron chi connectivity index (χ3n) is 24.7. The molecule has 13 atom stereocenters. The summed E-state index contributed by atoms with van der Waals surface area (Å²) in [7, 11) is 0. The Balaban J connectivity index is 0.834. The van der Waals surface area contributed by atoms with E-state index in [0.29, 0.717) is 109 Å². The Labute approximate surface area is 784 Å². The van der Waals surface area contributed by atoms with Gasteiger partial charge in [0.15, 0.2) is 5.96 Å². The quantitative estimate of drug-likeness (QED) is 0.0148. The van der Waals surface area contributed by atoms with Gasteiger partial charge in [-0.05, 0) is 154 Å². The standard InChI is InChI=1S/C98H123N23O15/c1-55(2)84(96(134)121-42-22-38-82(121)94(132)118-81(97(135)136)43-57-23-5-4-6-24-57)119-95(133)85(56(3)122)120-93(131)80(48-62-54-109-72-34-16-11-29-67(62)72)115-88(126)75(37-21-41-104-98(102)103)112-90(128)77(45-59-51-106-69-31-13-8-26-64(59)69)117-92(130)79(47-61-53-108-71-33-15-10-28-66(61)71)114-87(125)74(36-18-20-40-100)111-89(127)76(44-58-50-105-68-30-12-7-25-63(58)68)116-91(129)78(46-60-52-107-70-32-14-9-27-65(60)70)113-86(124)73(35-17-19-39-99)110-83(123)49-101/h4-16,23-34,50-56,73-82,84-85,105-109,122H,17-22,35-49,99-101H2,1-3H3,(H,110,123)(H,111,127)(H,112,128)(H,113,124)(H,114,125)(H,115,126)(H,116,129)(H,117,130)(H,118,132)(H,119,133)(H,120,131)(H,135,136)(H4,102,103,104)/t56-,73+,74+,75+,76+,77+,78+,79+,80+,81+,82+,84+,85+/m1/s1. The number of unbranched alkanes of at least 4 members (excludes halogenated alkanes) is 2. The van der Waals surface area contributed by atoms with Crippen LogP contribution < -0.4 is 86.7 Å². The van der Waals surface area contributed by atoms with E-state index >= 15 is 33.6 Å². The number of guanidine groups is 1. The number of aromatic nitrogens is 5. The topological polar surface area (TPSA) is 617 Å². The number of carboxylic acid groups (broad SMARTS) is 1. The number of H-pyrrole nitrogens is 5. The Morgan fingerprint density at radius 1 is 0.390 bits per heavy atom. The second kappa shape index (κ2) is 48.2. The van der Waals surface area contributed by atoms with Gasteiger partial charge < -0.3 is 127 Å². The number of hydrogen-bond acceptors (Lipinski definition) is 18. The number of fused-ring (bicyclic) bond motifs is 5. The van der Waals surface area contributed by atoms with Crippen molar-refractivity contribution in [2.75, 3.05) is 32.7 Å². The van der Waals surface area contributed by atoms with Crippen LogP contribution in [-0.2, 0) is 101 Å². The van der Waals surface area contributed by atoms with Crippen LogP contribution in [0.15, 0.2) is 183 Å². The number of rotatable bonds is 50. The molecule has 6 heterocycles. The molecule has 1 aliphatic heterocycles. The summed E-state index contributed by atoms with van der Waals surface area (Å²) in [6.07, 6.45) is 7.57. The van der Waals surface area contributed by atoms with Gasteiger partial charge in [-0.1, -0.05) is 135 Å². The van der Waals surface area contributed by atoms with Crippen molar-refractivity contribution in [2.45, 2.75) is 202 Å². The maximum Gasteiger partial charge on any atom is 0.326 e. The van der Waals surface area contributed by atoms with Crippen molar-refractivity contribution in [3.05, 3.63) is 216 Å². The molecule has 6 aromatic carbocycles. The number of carboxylic acids is 1. The normalized spacial score (nSPS) is 15.3. The molecule has 38 heteroatoms. The number of carbonyl (C=O) groups is 13. The fourth-order valence-corrected chi connectivity index (χ4v) is 17.3. The first-order chi connectivity index (χ1) is 65.6. The van der Waals surface area contributed by atoms with Crippen molar-refractivity contribution in [1.82, 2.24) is 93.6 Å². The van der Waals surface area contributed by atoms with Gasteiger partial charge in [0.1, 0.15) is 72.5 Å². The smallest absolute Gasteiger partial charge is 0.326 e. The van der Waals surface area contributed by atoms with Crippen LogP contribution in [-0.4, -0.2) is 234 Å². The zero-order chi connectivity index (χ0) is 97.1. The first kappa shape index (κ1) is 100. The number of aliphatic hydroxyl groups is 1. The molecule has 12 rings (SSSR count). The van der Waals surface area contributed by atoms with Crippen LogP contribution in [0, 0.1) is 11.3 Å². The van der Waals surface area contributed by atoms with Gasteiger partial charge in [0.05, 0.1) is 12.6 Å². The molecule has 38 nitrogen and oxygen atoms in total. The minimum atomic E-state index is -1.82. The molecule has 0 bridgehead atoms. The predicted molar refractivity (Wildman–Crippen MR) is 514 cm³/mol. The molecule has 1 aliphatic rings. The van der Waals surface area contributed by atoms with E-state index in [4.69, 9.17) is 28.3 Å². The van der Waals surface area contributed by atoms with Gasteiger partial charge in [-0.3, -0.25) is 62.9 Å². The second-order valence-electron chi connectivity index (χ2n) is 34.9. The molecule has 136 heavy (non-hydrogen) atoms. The lowest BCUT2D eigenvalue weighted by Crippen LogP contribution is -2.63. The Kier molecular flexibility index (Phi) is 35.6. The summed E-state index contributed by atoms with van der Waals surface area (Å²) in [5.74, 6) is -12.5. The third kappa shape index (κ3) is 26.6. The van der Waals surface area contributed by atoms with E-state index in [1.807, 2.05) is 66.7 Å². The summed E-state index contributed by atoms with van der Waals surface area (Å²) >= 11 is 0. The van der Waals surface area contributed by atoms with Gasteiger partial charge >= 0.3 is 5.97 Å². The monoisotopic (exact) mass is 1860 g/mol. The third-order valence-corrected chi connectivity index (χ3v) is 24.7. The number of aromatic amines is 5. The zero-order valence-corrected chi connectivity index (χ0v) is 76.2. The molecule has 1 saturated heterocycles. The van der Waals surface area contributed by atoms with Gasteiger partial charge in [0.2, 0.25) is 70.9 Å². The minimum absolute atomic E-state index is 0.00860. The molecule has 720 valence electrons. The van der Waals surface area contributed by atoms with E-state index in [-0.39, 0.29) is 96.7 Å². The summed E-state index contributed by atoms with van der Waals surface area (Å²) in [4.78, 5) is 211. The Morgan fingerprint density at radius 2 is 0.713 bits per heavy atom. The number of likely N-dealkylation sites (tertiary alicyclic amines) is 1. The number of amides is 12. The fourth-order valence-electron chi connectivity index (χ4n) is 17.3. The Bertz CT molecular complexity index is 6040. The summed E-state index contributed by atoms with van der Waals surface area (Å²) < 4.78 is 0. The lowest BCUT2D eigenvalue weighted by molar-refractivity contribution is -0.145. The number of aliphatic carboxylic acids is 1. The molecule has 0 spiro atoms. The van der Waals surface area contributed by atoms with Gasteiger partial charge in [0, 0.05) is 137 Å². The highest BCUT2D eigenvalue weighted by Gasteiger charge is 2.43. The van der Waals surface area contributed by atoms with Gasteiger partial charge in [-0.2, -0.15) is 0 Å². The van der Waals surface area contributed by atoms with E-state index < -0.39 is 174 Å². The highest BCUT2D eigenvalue weighted by Crippen LogP contribution is 2.28. The van der Waals surface area contributed by atoms with Crippen LogP contribution in [0.1, 0.15) is 118 Å². The Morgan fingerprint density at radius 3 is 1.05 bits per heavy atom. The highest BCUT2D eigenvalue weighted by molar-refractivity contribution is 6.02. The van der Waals surface area contributed by atoms with Crippen LogP contribution in [0.2, 0.25) is 0 Å². The van der Waals surface area contributed by atoms with Crippen molar-refractivity contribution in [1.29, 1.82) is 5.41 Å². The molecule has 1 fully saturated rings. The number of nitrogens with zero attached hydrogens (tertiary/aromatic N) is 1. The molecule has 28 N–H and O–H groups in total.